The van der Waals surface area contributed by atoms with Crippen molar-refractivity contribution in [3.05, 3.63) is 138 Å². The van der Waals surface area contributed by atoms with Crippen LogP contribution < -0.4 is 15.4 Å². The Balaban J connectivity index is 0.993. The topological polar surface area (TPSA) is 120 Å². The zero-order valence-electron chi connectivity index (χ0n) is 31.6. The van der Waals surface area contributed by atoms with Crippen molar-refractivity contribution in [2.45, 2.75) is 63.1 Å². The van der Waals surface area contributed by atoms with Crippen LogP contribution in [0, 0.1) is 0 Å². The average Bonchev–Trinajstić information content (AvgIpc) is 3.21. The number of amides is 2. The molecule has 3 N–H and O–H groups in total. The number of aliphatic hydroxyl groups excluding tert-OH is 1. The van der Waals surface area contributed by atoms with Crippen LogP contribution in [0.25, 0.3) is 10.9 Å². The number of aliphatic hydroxyl groups is 1. The Hall–Kier alpha value is -5.16. The first kappa shape index (κ1) is 39.5. The monoisotopic (exact) mass is 742 g/mol. The van der Waals surface area contributed by atoms with E-state index in [1.165, 1.54) is 11.1 Å². The van der Waals surface area contributed by atoms with Gasteiger partial charge in [-0.3, -0.25) is 29.4 Å². The predicted octanol–water partition coefficient (Wildman–Crippen LogP) is 5.25. The first-order chi connectivity index (χ1) is 27.0. The Morgan fingerprint density at radius 1 is 0.727 bits per heavy atom. The van der Waals surface area contributed by atoms with Crippen molar-refractivity contribution >= 4 is 22.7 Å². The molecule has 5 aromatic rings. The summed E-state index contributed by atoms with van der Waals surface area (Å²) in [4.78, 5) is 40.4. The molecule has 0 bridgehead atoms. The fourth-order valence-corrected chi connectivity index (χ4v) is 7.26. The van der Waals surface area contributed by atoms with Crippen LogP contribution in [0.4, 0.5) is 0 Å². The number of nitrogens with one attached hydrogen (secondary N) is 2. The van der Waals surface area contributed by atoms with E-state index < -0.39 is 12.1 Å². The maximum atomic E-state index is 14.0. The molecule has 1 aliphatic heterocycles. The standard InChI is InChI=1S/C45H54N6O4/c52-39(34-55-43-23-9-22-41-40(43)21-11-25-47-41)32-50-26-28-51(29-27-50)33-44(53)49-42(30-37-18-10-24-46-31-37)45(54)48-38(19-7-16-35-12-3-1-4-13-35)20-8-17-36-14-5-2-6-15-36/h1-6,9-15,18,21-25,31,38-39,42,52H,7-8,16-17,19-20,26-30,32-34H2,(H,48,54)(H,49,53)/t39-,42+/m1/s1. The van der Waals surface area contributed by atoms with Gasteiger partial charge in [0.15, 0.2) is 0 Å². The average molecular weight is 743 g/mol. The molecule has 1 saturated heterocycles. The summed E-state index contributed by atoms with van der Waals surface area (Å²) in [7, 11) is 0. The number of pyridine rings is 2. The number of aromatic nitrogens is 2. The smallest absolute Gasteiger partial charge is 0.243 e. The number of ether oxygens (including phenoxy) is 1. The van der Waals surface area contributed by atoms with E-state index in [0.29, 0.717) is 31.8 Å². The van der Waals surface area contributed by atoms with E-state index in [4.69, 9.17) is 4.74 Å². The van der Waals surface area contributed by atoms with Crippen LogP contribution in [0.15, 0.2) is 122 Å². The summed E-state index contributed by atoms with van der Waals surface area (Å²) in [5.74, 6) is 0.361. The third kappa shape index (κ3) is 13.0. The highest BCUT2D eigenvalue weighted by molar-refractivity contribution is 5.88. The molecule has 10 nitrogen and oxygen atoms in total. The Labute approximate surface area is 325 Å². The van der Waals surface area contributed by atoms with Gasteiger partial charge in [0.1, 0.15) is 24.5 Å². The molecular formula is C45H54N6O4. The second-order valence-electron chi connectivity index (χ2n) is 14.5. The van der Waals surface area contributed by atoms with Crippen molar-refractivity contribution in [3.63, 3.8) is 0 Å². The minimum absolute atomic E-state index is 0.00824. The molecule has 10 heteroatoms. The number of fused-ring (bicyclic) bond motifs is 1. The zero-order chi connectivity index (χ0) is 38.1. The van der Waals surface area contributed by atoms with Crippen LogP contribution in [0.2, 0.25) is 0 Å². The largest absolute Gasteiger partial charge is 0.490 e. The van der Waals surface area contributed by atoms with Crippen molar-refractivity contribution < 1.29 is 19.4 Å². The fraction of sp³-hybridized carbons (Fsp3) is 0.378. The third-order valence-electron chi connectivity index (χ3n) is 10.2. The molecular weight excluding hydrogens is 689 g/mol. The van der Waals surface area contributed by atoms with Crippen LogP contribution in [-0.2, 0) is 28.9 Å². The lowest BCUT2D eigenvalue weighted by molar-refractivity contribution is -0.130. The highest BCUT2D eigenvalue weighted by Gasteiger charge is 2.26. The summed E-state index contributed by atoms with van der Waals surface area (Å²) in [6.07, 6.45) is 10.4. The number of hydrogen-bond acceptors (Lipinski definition) is 8. The van der Waals surface area contributed by atoms with Gasteiger partial charge in [-0.25, -0.2) is 0 Å². The number of piperazine rings is 1. The Morgan fingerprint density at radius 2 is 1.38 bits per heavy atom. The van der Waals surface area contributed by atoms with Crippen LogP contribution in [0.5, 0.6) is 5.75 Å². The molecule has 3 heterocycles. The second kappa shape index (κ2) is 21.1. The molecule has 2 atom stereocenters. The molecule has 0 radical (unpaired) electrons. The molecule has 0 unspecified atom stereocenters. The minimum Gasteiger partial charge on any atom is -0.490 e. The van der Waals surface area contributed by atoms with Crippen LogP contribution in [-0.4, -0.2) is 101 Å². The molecule has 1 aliphatic rings. The Kier molecular flexibility index (Phi) is 15.1. The van der Waals surface area contributed by atoms with Gasteiger partial charge in [-0.15, -0.1) is 0 Å². The number of rotatable bonds is 20. The predicted molar refractivity (Wildman–Crippen MR) is 217 cm³/mol. The van der Waals surface area contributed by atoms with Gasteiger partial charge in [-0.05, 0) is 85.5 Å². The number of carbonyl (C=O) groups excluding carboxylic acids is 2. The van der Waals surface area contributed by atoms with Gasteiger partial charge in [0, 0.05) is 69.2 Å². The number of carbonyl (C=O) groups is 2. The van der Waals surface area contributed by atoms with Crippen molar-refractivity contribution in [1.29, 1.82) is 0 Å². The van der Waals surface area contributed by atoms with Gasteiger partial charge in [-0.1, -0.05) is 72.8 Å². The van der Waals surface area contributed by atoms with Gasteiger partial charge >= 0.3 is 0 Å². The molecule has 2 amide bonds. The normalized spacial score (nSPS) is 14.7. The lowest BCUT2D eigenvalue weighted by Crippen LogP contribution is -2.55. The highest BCUT2D eigenvalue weighted by Crippen LogP contribution is 2.24. The van der Waals surface area contributed by atoms with E-state index in [-0.39, 0.29) is 31.0 Å². The molecule has 3 aromatic carbocycles. The van der Waals surface area contributed by atoms with E-state index in [1.54, 1.807) is 18.6 Å². The minimum atomic E-state index is -0.726. The van der Waals surface area contributed by atoms with Gasteiger partial charge in [-0.2, -0.15) is 0 Å². The van der Waals surface area contributed by atoms with Crippen molar-refractivity contribution in [2.24, 2.45) is 0 Å². The van der Waals surface area contributed by atoms with Crippen molar-refractivity contribution in [3.8, 4) is 5.75 Å². The Morgan fingerprint density at radius 3 is 2.05 bits per heavy atom. The molecule has 0 saturated carbocycles. The van der Waals surface area contributed by atoms with E-state index in [9.17, 15) is 14.7 Å². The maximum Gasteiger partial charge on any atom is 0.243 e. The maximum absolute atomic E-state index is 14.0. The number of hydrogen-bond donors (Lipinski definition) is 3. The number of nitrogens with zero attached hydrogens (tertiary/aromatic N) is 4. The molecule has 0 spiro atoms. The first-order valence-electron chi connectivity index (χ1n) is 19.6. The fourth-order valence-electron chi connectivity index (χ4n) is 7.26. The van der Waals surface area contributed by atoms with Gasteiger partial charge in [0.25, 0.3) is 0 Å². The third-order valence-corrected chi connectivity index (χ3v) is 10.2. The summed E-state index contributed by atoms with van der Waals surface area (Å²) in [6.45, 7) is 3.65. The van der Waals surface area contributed by atoms with E-state index >= 15 is 0 Å². The SMILES string of the molecule is O=C(CN1CCN(C[C@@H](O)COc2cccc3ncccc23)CC1)N[C@@H](Cc1cccnc1)C(=O)NC(CCCc1ccccc1)CCCc1ccccc1. The van der Waals surface area contributed by atoms with Gasteiger partial charge < -0.3 is 20.5 Å². The quantitative estimate of drug-likeness (QED) is 0.0991. The first-order valence-corrected chi connectivity index (χ1v) is 19.6. The summed E-state index contributed by atoms with van der Waals surface area (Å²) in [5.41, 5.74) is 4.33. The summed E-state index contributed by atoms with van der Waals surface area (Å²) in [5, 5.41) is 18.1. The molecule has 1 fully saturated rings. The van der Waals surface area contributed by atoms with Crippen LogP contribution in [0.1, 0.15) is 42.4 Å². The van der Waals surface area contributed by atoms with E-state index in [1.807, 2.05) is 54.6 Å². The van der Waals surface area contributed by atoms with Crippen LogP contribution >= 0.6 is 0 Å². The molecule has 6 rings (SSSR count). The molecule has 0 aliphatic carbocycles. The highest BCUT2D eigenvalue weighted by atomic mass is 16.5. The van der Waals surface area contributed by atoms with Gasteiger partial charge in [0.05, 0.1) is 12.1 Å². The number of aryl methyl sites for hydroxylation is 2. The number of β-amino-alcohol motifs (C(OH)–C–C–N with tert-alkyl or cyclic N) is 1. The second-order valence-corrected chi connectivity index (χ2v) is 14.5. The lowest BCUT2D eigenvalue weighted by Gasteiger charge is -2.35. The van der Waals surface area contributed by atoms with Crippen molar-refractivity contribution in [1.82, 2.24) is 30.4 Å². The number of benzene rings is 3. The van der Waals surface area contributed by atoms with E-state index in [0.717, 1.165) is 68.1 Å². The Bertz CT molecular complexity index is 1840. The summed E-state index contributed by atoms with van der Waals surface area (Å²) < 4.78 is 5.98. The summed E-state index contributed by atoms with van der Waals surface area (Å²) >= 11 is 0. The van der Waals surface area contributed by atoms with E-state index in [2.05, 4.69) is 78.9 Å². The lowest BCUT2D eigenvalue weighted by atomic mass is 9.98. The van der Waals surface area contributed by atoms with Crippen molar-refractivity contribution in [2.75, 3.05) is 45.9 Å². The molecule has 2 aromatic heterocycles. The zero-order valence-corrected chi connectivity index (χ0v) is 31.6. The molecule has 55 heavy (non-hydrogen) atoms. The summed E-state index contributed by atoms with van der Waals surface area (Å²) in [6, 6.07) is 33.5. The van der Waals surface area contributed by atoms with Crippen LogP contribution in [0.3, 0.4) is 0 Å². The van der Waals surface area contributed by atoms with Gasteiger partial charge in [0.2, 0.25) is 11.8 Å². The molecule has 288 valence electrons.